The molecule has 0 aliphatic carbocycles. The highest BCUT2D eigenvalue weighted by Gasteiger charge is 1.89. The van der Waals surface area contributed by atoms with E-state index in [4.69, 9.17) is 15.3 Å². The van der Waals surface area contributed by atoms with Gasteiger partial charge in [0.1, 0.15) is 0 Å². The van der Waals surface area contributed by atoms with Crippen molar-refractivity contribution in [2.75, 3.05) is 48.5 Å². The molecule has 0 fully saturated rings. The van der Waals surface area contributed by atoms with Crippen LogP contribution in [0.1, 0.15) is 13.8 Å². The van der Waals surface area contributed by atoms with Gasteiger partial charge in [0, 0.05) is 35.2 Å². The first-order valence-corrected chi connectivity index (χ1v) is 10.4. The van der Waals surface area contributed by atoms with Crippen molar-refractivity contribution in [3.63, 3.8) is 0 Å². The zero-order valence-electron chi connectivity index (χ0n) is 23.6. The maximum absolute atomic E-state index is 10.1. The number of nitrogens with two attached hydrogens (primary N) is 8. The molecule has 0 atom stereocenters. The van der Waals surface area contributed by atoms with Crippen LogP contribution in [0, 0.1) is 0 Å². The summed E-state index contributed by atoms with van der Waals surface area (Å²) in [5, 5.41) is 7.03. The molecule has 0 unspecified atom stereocenters. The summed E-state index contributed by atoms with van der Waals surface area (Å²) in [4.78, 5) is 58.8. The fourth-order valence-corrected chi connectivity index (χ4v) is 0.471. The molecule has 39 heavy (non-hydrogen) atoms. The fraction of sp³-hybridized carbons (Fsp3) is 0.500. The number of nitrogens with one attached hydrogen (secondary N) is 3. The van der Waals surface area contributed by atoms with E-state index in [1.165, 1.54) is 11.9 Å². The fourth-order valence-electron chi connectivity index (χ4n) is 0.471. The first-order chi connectivity index (χ1) is 17.7. The van der Waals surface area contributed by atoms with Crippen molar-refractivity contribution in [3.8, 4) is 0 Å². The first kappa shape index (κ1) is 54.8. The second-order valence-electron chi connectivity index (χ2n) is 4.99. The Balaban J connectivity index is -0.0000000479. The summed E-state index contributed by atoms with van der Waals surface area (Å²) in [5.41, 5.74) is 35.5. The molecule has 0 saturated carbocycles. The summed E-state index contributed by atoms with van der Waals surface area (Å²) in [6, 6.07) is -2.23. The van der Waals surface area contributed by atoms with Crippen LogP contribution < -0.4 is 61.8 Å². The lowest BCUT2D eigenvalue weighted by Gasteiger charge is -2.01. The van der Waals surface area contributed by atoms with E-state index in [0.717, 1.165) is 0 Å². The van der Waals surface area contributed by atoms with E-state index in [0.29, 0.717) is 13.2 Å². The van der Waals surface area contributed by atoms with Crippen molar-refractivity contribution in [2.24, 2.45) is 45.9 Å². The van der Waals surface area contributed by atoms with Crippen LogP contribution in [0.4, 0.5) is 28.8 Å². The first-order valence-electron chi connectivity index (χ1n) is 10.0. The summed E-state index contributed by atoms with van der Waals surface area (Å²) in [7, 11) is 7.86. The molecule has 0 aromatic carbocycles. The number of hydrogen-bond acceptors (Lipinski definition) is 9. The minimum atomic E-state index is -0.833. The Hall–Kier alpha value is -4.95. The van der Waals surface area contributed by atoms with Gasteiger partial charge in [0.15, 0.2) is 5.11 Å². The number of hydrogen-bond donors (Lipinski definition) is 11. The zero-order chi connectivity index (χ0) is 33.6. The number of carbonyl (C=O) groups is 6. The third kappa shape index (κ3) is 261. The average Bonchev–Trinajstić information content (AvgIpc) is 2.80. The molecular weight excluding hydrogens is 544 g/mol. The monoisotopic (exact) mass is 592 g/mol. The standard InChI is InChI=1S/C4H9NO2.2C3H8N2O.C3H7NO2.C2H4.2CH4N2O.CH4N2S/c1-3-7-4(6)5-2;1-5(2)3(4)6;1-4-3(6)5-2;1-2-6-3(4)5;1-2;3*2-1(3)4/h3H2,1-2H3,(H,5,6);1-2H3,(H2,4,6);1-2H3,(H2,4,5,6);2H2,1H3,(H2,4,5);1-2H2;3*(H4,2,3,4). The Morgan fingerprint density at radius 2 is 0.923 bits per heavy atom. The molecule has 0 aliphatic heterocycles. The third-order valence-corrected chi connectivity index (χ3v) is 1.66. The summed E-state index contributed by atoms with van der Waals surface area (Å²) < 4.78 is 8.62. The maximum atomic E-state index is 10.1. The van der Waals surface area contributed by atoms with Gasteiger partial charge in [-0.25, -0.2) is 28.8 Å². The molecule has 10 amide bonds. The van der Waals surface area contributed by atoms with Gasteiger partial charge in [-0.05, 0) is 26.1 Å². The number of ether oxygens (including phenoxy) is 2. The van der Waals surface area contributed by atoms with E-state index in [-0.39, 0.29) is 17.2 Å². The van der Waals surface area contributed by atoms with Gasteiger partial charge in [0.2, 0.25) is 0 Å². The highest BCUT2D eigenvalue weighted by atomic mass is 32.1. The Morgan fingerprint density at radius 1 is 0.692 bits per heavy atom. The van der Waals surface area contributed by atoms with Crippen molar-refractivity contribution < 1.29 is 38.2 Å². The van der Waals surface area contributed by atoms with E-state index in [1.807, 2.05) is 0 Å². The molecule has 0 spiro atoms. The SMILES string of the molecule is C=C.CCOC(=O)NC.CCOC(N)=O.CN(C)C(N)=O.CNC(=O)NC.NC(N)=O.NC(N)=O.NC(N)=S. The molecule has 0 bridgehead atoms. The van der Waals surface area contributed by atoms with Crippen molar-refractivity contribution in [1.82, 2.24) is 20.9 Å². The second-order valence-corrected chi connectivity index (χ2v) is 5.46. The minimum Gasteiger partial charge on any atom is -0.450 e. The Bertz CT molecular complexity index is 593. The van der Waals surface area contributed by atoms with Gasteiger partial charge in [-0.3, -0.25) is 0 Å². The number of alkyl carbamates (subject to hydrolysis) is 1. The molecule has 21 heteroatoms. The molecule has 0 aromatic rings. The Labute approximate surface area is 234 Å². The third-order valence-electron chi connectivity index (χ3n) is 1.66. The summed E-state index contributed by atoms with van der Waals surface area (Å²) in [6.07, 6.45) is -1.08. The largest absolute Gasteiger partial charge is 0.450 e. The number of amides is 10. The van der Waals surface area contributed by atoms with Crippen LogP contribution in [0.3, 0.4) is 0 Å². The van der Waals surface area contributed by atoms with Gasteiger partial charge in [-0.15, -0.1) is 13.2 Å². The number of thiocarbonyl (C=S) groups is 1. The molecule has 0 aromatic heterocycles. The molecule has 0 saturated heterocycles. The normalized spacial score (nSPS) is 6.74. The Morgan fingerprint density at radius 3 is 0.949 bits per heavy atom. The lowest BCUT2D eigenvalue weighted by molar-refractivity contribution is 0.154. The molecule has 0 aliphatic rings. The van der Waals surface area contributed by atoms with Gasteiger partial charge in [0.05, 0.1) is 13.2 Å². The van der Waals surface area contributed by atoms with Crippen molar-refractivity contribution in [1.29, 1.82) is 0 Å². The van der Waals surface area contributed by atoms with Crippen molar-refractivity contribution >= 4 is 53.6 Å². The summed E-state index contributed by atoms with van der Waals surface area (Å²) in [5.74, 6) is 0. The van der Waals surface area contributed by atoms with Gasteiger partial charge in [-0.2, -0.15) is 0 Å². The average molecular weight is 593 g/mol. The van der Waals surface area contributed by atoms with E-state index >= 15 is 0 Å². The van der Waals surface area contributed by atoms with Crippen LogP contribution in [-0.2, 0) is 9.47 Å². The van der Waals surface area contributed by atoms with Crippen LogP contribution in [0.2, 0.25) is 0 Å². The quantitative estimate of drug-likeness (QED) is 0.119. The molecule has 0 heterocycles. The highest BCUT2D eigenvalue weighted by Crippen LogP contribution is 1.70. The number of primary amides is 6. The minimum absolute atomic E-state index is 0.000000000000000222. The van der Waals surface area contributed by atoms with Crippen molar-refractivity contribution in [2.45, 2.75) is 13.8 Å². The Kier molecular flexibility index (Phi) is 70.3. The lowest BCUT2D eigenvalue weighted by Crippen LogP contribution is -2.28. The van der Waals surface area contributed by atoms with Crippen molar-refractivity contribution in [3.05, 3.63) is 13.2 Å². The predicted octanol–water partition coefficient (Wildman–Crippen LogP) is -2.33. The van der Waals surface area contributed by atoms with Crippen LogP contribution >= 0.6 is 12.2 Å². The van der Waals surface area contributed by atoms with Crippen LogP contribution in [0.15, 0.2) is 13.2 Å². The molecule has 0 radical (unpaired) electrons. The predicted molar refractivity (Wildman–Crippen MR) is 154 cm³/mol. The molecule has 20 nitrogen and oxygen atoms in total. The van der Waals surface area contributed by atoms with Gasteiger partial charge >= 0.3 is 36.3 Å². The van der Waals surface area contributed by atoms with Crippen LogP contribution in [-0.4, -0.2) is 94.8 Å². The topological polar surface area (TPSA) is 368 Å². The summed E-state index contributed by atoms with van der Waals surface area (Å²) >= 11 is 4.09. The van der Waals surface area contributed by atoms with Gasteiger partial charge in [-0.1, -0.05) is 0 Å². The molecule has 19 N–H and O–H groups in total. The molecule has 234 valence electrons. The number of nitrogens with zero attached hydrogens (tertiary/aromatic N) is 1. The number of rotatable bonds is 2. The second kappa shape index (κ2) is 50.0. The smallest absolute Gasteiger partial charge is 0.406 e. The summed E-state index contributed by atoms with van der Waals surface area (Å²) in [6.45, 7) is 10.2. The van der Waals surface area contributed by atoms with Crippen LogP contribution in [0.25, 0.3) is 0 Å². The molecular formula is C18H48N12O8S. The van der Waals surface area contributed by atoms with E-state index in [2.05, 4.69) is 90.9 Å². The zero-order valence-corrected chi connectivity index (χ0v) is 24.4. The maximum Gasteiger partial charge on any atom is 0.406 e. The van der Waals surface area contributed by atoms with Gasteiger partial charge in [0.25, 0.3) is 0 Å². The lowest BCUT2D eigenvalue weighted by atomic mass is 10.9. The van der Waals surface area contributed by atoms with Gasteiger partial charge < -0.3 is 76.2 Å². The van der Waals surface area contributed by atoms with E-state index in [1.54, 1.807) is 42.0 Å². The van der Waals surface area contributed by atoms with Crippen LogP contribution in [0.5, 0.6) is 0 Å². The van der Waals surface area contributed by atoms with E-state index < -0.39 is 24.2 Å². The molecule has 0 rings (SSSR count). The van der Waals surface area contributed by atoms with E-state index in [9.17, 15) is 19.2 Å². The highest BCUT2D eigenvalue weighted by molar-refractivity contribution is 7.80. The number of carbonyl (C=O) groups excluding carboxylic acids is 6. The number of urea groups is 4.